The maximum absolute atomic E-state index is 11.9. The molecule has 1 fully saturated rings. The summed E-state index contributed by atoms with van der Waals surface area (Å²) in [7, 11) is 0. The van der Waals surface area contributed by atoms with Crippen LogP contribution in [0, 0.1) is 5.92 Å². The van der Waals surface area contributed by atoms with Crippen LogP contribution in [0.15, 0.2) is 18.3 Å². The molecular weight excluding hydrogens is 245 g/mol. The molecule has 100 valence electrons. The second-order valence-corrected chi connectivity index (χ2v) is 4.45. The number of piperidine rings is 1. The molecule has 1 aromatic heterocycles. The van der Waals surface area contributed by atoms with Crippen molar-refractivity contribution in [2.75, 3.05) is 13.1 Å². The van der Waals surface area contributed by atoms with E-state index in [4.69, 9.17) is 0 Å². The molecule has 1 aliphatic heterocycles. The van der Waals surface area contributed by atoms with Crippen molar-refractivity contribution >= 4 is 0 Å². The predicted molar refractivity (Wildman–Crippen MR) is 60.2 cm³/mol. The Hall–Kier alpha value is -1.30. The number of rotatable bonds is 3. The molecule has 0 amide bonds. The van der Waals surface area contributed by atoms with Gasteiger partial charge in [-0.25, -0.2) is 4.98 Å². The standard InChI is InChI=1S/C12H15F3N2O/c13-12(14,15)18-11-2-1-10(8-17-11)7-9-3-5-16-6-4-9/h1-2,8-9,16H,3-7H2. The fourth-order valence-corrected chi connectivity index (χ4v) is 2.13. The number of ether oxygens (including phenoxy) is 1. The largest absolute Gasteiger partial charge is 0.574 e. The molecule has 1 aliphatic rings. The van der Waals surface area contributed by atoms with Gasteiger partial charge in [0.05, 0.1) is 0 Å². The van der Waals surface area contributed by atoms with Crippen LogP contribution in [0.1, 0.15) is 18.4 Å². The third-order valence-electron chi connectivity index (χ3n) is 3.00. The highest BCUT2D eigenvalue weighted by Crippen LogP contribution is 2.22. The van der Waals surface area contributed by atoms with Gasteiger partial charge in [-0.05, 0) is 43.8 Å². The molecule has 3 nitrogen and oxygen atoms in total. The summed E-state index contributed by atoms with van der Waals surface area (Å²) in [6, 6.07) is 2.92. The van der Waals surface area contributed by atoms with E-state index in [0.29, 0.717) is 5.92 Å². The van der Waals surface area contributed by atoms with E-state index in [1.165, 1.54) is 12.3 Å². The van der Waals surface area contributed by atoms with Gasteiger partial charge in [0.25, 0.3) is 0 Å². The van der Waals surface area contributed by atoms with Crippen molar-refractivity contribution in [3.8, 4) is 5.88 Å². The van der Waals surface area contributed by atoms with Crippen molar-refractivity contribution in [2.45, 2.75) is 25.6 Å². The molecule has 18 heavy (non-hydrogen) atoms. The summed E-state index contributed by atoms with van der Waals surface area (Å²) in [6.45, 7) is 2.01. The summed E-state index contributed by atoms with van der Waals surface area (Å²) < 4.78 is 39.6. The third-order valence-corrected chi connectivity index (χ3v) is 3.00. The van der Waals surface area contributed by atoms with E-state index in [1.807, 2.05) is 0 Å². The number of hydrogen-bond donors (Lipinski definition) is 1. The Morgan fingerprint density at radius 2 is 2.00 bits per heavy atom. The number of pyridine rings is 1. The Kier molecular flexibility index (Phi) is 4.06. The first-order valence-corrected chi connectivity index (χ1v) is 5.94. The van der Waals surface area contributed by atoms with Crippen LogP contribution in [0.5, 0.6) is 5.88 Å². The van der Waals surface area contributed by atoms with Gasteiger partial charge < -0.3 is 10.1 Å². The molecule has 2 rings (SSSR count). The van der Waals surface area contributed by atoms with E-state index in [2.05, 4.69) is 15.0 Å². The number of halogens is 3. The molecule has 1 N–H and O–H groups in total. The Morgan fingerprint density at radius 3 is 2.56 bits per heavy atom. The van der Waals surface area contributed by atoms with Crippen LogP contribution >= 0.6 is 0 Å². The summed E-state index contributed by atoms with van der Waals surface area (Å²) in [4.78, 5) is 3.67. The fourth-order valence-electron chi connectivity index (χ4n) is 2.13. The maximum atomic E-state index is 11.9. The molecule has 0 aromatic carbocycles. The monoisotopic (exact) mass is 260 g/mol. The molecule has 0 spiro atoms. The van der Waals surface area contributed by atoms with Crippen LogP contribution < -0.4 is 10.1 Å². The van der Waals surface area contributed by atoms with Gasteiger partial charge in [-0.15, -0.1) is 13.2 Å². The Morgan fingerprint density at radius 1 is 1.28 bits per heavy atom. The zero-order chi connectivity index (χ0) is 13.0. The zero-order valence-electron chi connectivity index (χ0n) is 9.83. The number of nitrogens with one attached hydrogen (secondary N) is 1. The van der Waals surface area contributed by atoms with E-state index in [1.54, 1.807) is 6.07 Å². The first-order valence-electron chi connectivity index (χ1n) is 5.94. The molecule has 0 aliphatic carbocycles. The lowest BCUT2D eigenvalue weighted by molar-refractivity contribution is -0.276. The Balaban J connectivity index is 1.90. The Labute approximate surface area is 103 Å². The highest BCUT2D eigenvalue weighted by Gasteiger charge is 2.31. The summed E-state index contributed by atoms with van der Waals surface area (Å²) in [5.74, 6) is 0.180. The van der Waals surface area contributed by atoms with Gasteiger partial charge in [-0.1, -0.05) is 6.07 Å². The fraction of sp³-hybridized carbons (Fsp3) is 0.583. The highest BCUT2D eigenvalue weighted by atomic mass is 19.4. The van der Waals surface area contributed by atoms with Crippen molar-refractivity contribution in [3.05, 3.63) is 23.9 Å². The molecular formula is C12H15F3N2O. The minimum atomic E-state index is -4.68. The highest BCUT2D eigenvalue weighted by molar-refractivity contribution is 5.18. The van der Waals surface area contributed by atoms with Gasteiger partial charge >= 0.3 is 6.36 Å². The zero-order valence-corrected chi connectivity index (χ0v) is 9.83. The van der Waals surface area contributed by atoms with Crippen molar-refractivity contribution in [1.82, 2.24) is 10.3 Å². The number of hydrogen-bond acceptors (Lipinski definition) is 3. The molecule has 0 unspecified atom stereocenters. The van der Waals surface area contributed by atoms with Crippen molar-refractivity contribution in [2.24, 2.45) is 5.92 Å². The summed E-state index contributed by atoms with van der Waals surface area (Å²) in [5.41, 5.74) is 0.955. The van der Waals surface area contributed by atoms with Crippen LogP contribution in [-0.4, -0.2) is 24.4 Å². The smallest absolute Gasteiger partial charge is 0.388 e. The molecule has 0 bridgehead atoms. The lowest BCUT2D eigenvalue weighted by atomic mass is 9.92. The van der Waals surface area contributed by atoms with Gasteiger partial charge in [0.1, 0.15) is 0 Å². The normalized spacial score (nSPS) is 17.7. The predicted octanol–water partition coefficient (Wildman–Crippen LogP) is 2.52. The van der Waals surface area contributed by atoms with E-state index in [9.17, 15) is 13.2 Å². The lowest BCUT2D eigenvalue weighted by Crippen LogP contribution is -2.28. The van der Waals surface area contributed by atoms with Gasteiger partial charge in [0.2, 0.25) is 5.88 Å². The minimum Gasteiger partial charge on any atom is -0.388 e. The summed E-state index contributed by atoms with van der Waals surface area (Å²) in [5, 5.41) is 3.27. The van der Waals surface area contributed by atoms with Crippen molar-refractivity contribution in [1.29, 1.82) is 0 Å². The second-order valence-electron chi connectivity index (χ2n) is 4.45. The first kappa shape index (κ1) is 13.1. The molecule has 1 aromatic rings. The number of aromatic nitrogens is 1. The van der Waals surface area contributed by atoms with Gasteiger partial charge in [-0.2, -0.15) is 0 Å². The van der Waals surface area contributed by atoms with E-state index >= 15 is 0 Å². The minimum absolute atomic E-state index is 0.406. The third kappa shape index (κ3) is 4.18. The van der Waals surface area contributed by atoms with E-state index in [-0.39, 0.29) is 0 Å². The SMILES string of the molecule is FC(F)(F)Oc1ccc(CC2CCNCC2)cn1. The first-order chi connectivity index (χ1) is 8.53. The topological polar surface area (TPSA) is 34.1 Å². The van der Waals surface area contributed by atoms with Gasteiger partial charge in [0, 0.05) is 12.3 Å². The molecule has 0 saturated carbocycles. The van der Waals surface area contributed by atoms with Crippen LogP contribution in [0.25, 0.3) is 0 Å². The van der Waals surface area contributed by atoms with E-state index in [0.717, 1.165) is 37.9 Å². The quantitative estimate of drug-likeness (QED) is 0.906. The lowest BCUT2D eigenvalue weighted by Gasteiger charge is -2.22. The van der Waals surface area contributed by atoms with Crippen LogP contribution in [-0.2, 0) is 6.42 Å². The van der Waals surface area contributed by atoms with Crippen LogP contribution in [0.2, 0.25) is 0 Å². The van der Waals surface area contributed by atoms with Crippen LogP contribution in [0.4, 0.5) is 13.2 Å². The molecule has 6 heteroatoms. The molecule has 0 atom stereocenters. The maximum Gasteiger partial charge on any atom is 0.574 e. The van der Waals surface area contributed by atoms with Crippen molar-refractivity contribution < 1.29 is 17.9 Å². The number of alkyl halides is 3. The second kappa shape index (κ2) is 5.56. The number of nitrogens with zero attached hydrogens (tertiary/aromatic N) is 1. The summed E-state index contributed by atoms with van der Waals surface area (Å²) >= 11 is 0. The molecule has 1 saturated heterocycles. The van der Waals surface area contributed by atoms with Gasteiger partial charge in [0.15, 0.2) is 0 Å². The van der Waals surface area contributed by atoms with Crippen molar-refractivity contribution in [3.63, 3.8) is 0 Å². The van der Waals surface area contributed by atoms with Crippen LogP contribution in [0.3, 0.4) is 0 Å². The van der Waals surface area contributed by atoms with Gasteiger partial charge in [-0.3, -0.25) is 0 Å². The molecule has 2 heterocycles. The molecule has 0 radical (unpaired) electrons. The Bertz CT molecular complexity index is 372. The van der Waals surface area contributed by atoms with E-state index < -0.39 is 12.2 Å². The summed E-state index contributed by atoms with van der Waals surface area (Å²) in [6.07, 6.45) is -0.157. The average Bonchev–Trinajstić information content (AvgIpc) is 2.31. The average molecular weight is 260 g/mol.